The van der Waals surface area contributed by atoms with Crippen LogP contribution in [0.4, 0.5) is 8.78 Å². The average molecular weight is 414 g/mol. The summed E-state index contributed by atoms with van der Waals surface area (Å²) in [5, 5.41) is 0. The van der Waals surface area contributed by atoms with Crippen molar-refractivity contribution in [1.82, 2.24) is 9.80 Å². The van der Waals surface area contributed by atoms with E-state index in [0.717, 1.165) is 31.1 Å². The van der Waals surface area contributed by atoms with Crippen molar-refractivity contribution in [2.24, 2.45) is 11.8 Å². The van der Waals surface area contributed by atoms with Crippen LogP contribution in [-0.2, 0) is 22.6 Å². The summed E-state index contributed by atoms with van der Waals surface area (Å²) in [5.74, 6) is -0.800. The van der Waals surface area contributed by atoms with Crippen LogP contribution >= 0.6 is 0 Å². The second-order valence-electron chi connectivity index (χ2n) is 8.47. The summed E-state index contributed by atoms with van der Waals surface area (Å²) in [6.07, 6.45) is 1.24. The first-order valence-electron chi connectivity index (χ1n) is 10.6. The molecule has 2 aliphatic rings. The van der Waals surface area contributed by atoms with E-state index in [4.69, 9.17) is 4.74 Å². The molecule has 0 N–H and O–H groups in total. The zero-order valence-corrected chi connectivity index (χ0v) is 17.3. The first-order chi connectivity index (χ1) is 14.5. The molecule has 0 aromatic heterocycles. The van der Waals surface area contributed by atoms with Gasteiger partial charge in [-0.3, -0.25) is 9.69 Å². The Morgan fingerprint density at radius 2 is 1.97 bits per heavy atom. The van der Waals surface area contributed by atoms with Crippen LogP contribution in [0, 0.1) is 23.5 Å². The standard InChI is InChI=1S/C24H28F2N2O2/c1-27(13-17-6-3-2-4-7-17)23(29)12-22-20-10-11-28(15-19(20)16-30-22)14-18-8-5-9-21(25)24(18)26/h2-9,19-20,22H,10-16H2,1H3/t19-,20-,22+/m1/s1. The van der Waals surface area contributed by atoms with Crippen molar-refractivity contribution < 1.29 is 18.3 Å². The predicted molar refractivity (Wildman–Crippen MR) is 111 cm³/mol. The van der Waals surface area contributed by atoms with E-state index in [2.05, 4.69) is 4.90 Å². The van der Waals surface area contributed by atoms with Gasteiger partial charge in [-0.2, -0.15) is 0 Å². The Kier molecular flexibility index (Phi) is 6.44. The quantitative estimate of drug-likeness (QED) is 0.720. The van der Waals surface area contributed by atoms with E-state index in [1.807, 2.05) is 37.4 Å². The molecule has 30 heavy (non-hydrogen) atoms. The van der Waals surface area contributed by atoms with Crippen LogP contribution in [0.1, 0.15) is 24.0 Å². The first-order valence-corrected chi connectivity index (χ1v) is 10.6. The molecule has 0 radical (unpaired) electrons. The molecule has 4 rings (SSSR count). The van der Waals surface area contributed by atoms with Crippen molar-refractivity contribution >= 4 is 5.91 Å². The molecule has 2 saturated heterocycles. The van der Waals surface area contributed by atoms with Gasteiger partial charge >= 0.3 is 0 Å². The molecule has 2 fully saturated rings. The number of likely N-dealkylation sites (tertiary alicyclic amines) is 1. The number of ether oxygens (including phenoxy) is 1. The zero-order valence-electron chi connectivity index (χ0n) is 17.3. The minimum Gasteiger partial charge on any atom is -0.377 e. The van der Waals surface area contributed by atoms with Crippen molar-refractivity contribution in [2.45, 2.75) is 32.0 Å². The highest BCUT2D eigenvalue weighted by molar-refractivity contribution is 5.76. The molecule has 160 valence electrons. The third kappa shape index (κ3) is 4.71. The maximum Gasteiger partial charge on any atom is 0.225 e. The van der Waals surface area contributed by atoms with Gasteiger partial charge in [0, 0.05) is 38.2 Å². The fraction of sp³-hybridized carbons (Fsp3) is 0.458. The SMILES string of the molecule is CN(Cc1ccccc1)C(=O)C[C@@H]1OC[C@H]2CN(Cc3cccc(F)c3F)CC[C@H]21. The average Bonchev–Trinajstić information content (AvgIpc) is 3.14. The zero-order chi connectivity index (χ0) is 21.1. The maximum atomic E-state index is 14.0. The highest BCUT2D eigenvalue weighted by Crippen LogP contribution is 2.36. The van der Waals surface area contributed by atoms with Gasteiger partial charge in [0.05, 0.1) is 19.1 Å². The topological polar surface area (TPSA) is 32.8 Å². The van der Waals surface area contributed by atoms with Crippen molar-refractivity contribution in [3.05, 3.63) is 71.3 Å². The lowest BCUT2D eigenvalue weighted by Crippen LogP contribution is -2.42. The van der Waals surface area contributed by atoms with E-state index in [9.17, 15) is 13.6 Å². The molecular weight excluding hydrogens is 386 g/mol. The Balaban J connectivity index is 1.30. The Hall–Kier alpha value is -2.31. The number of carbonyl (C=O) groups is 1. The largest absolute Gasteiger partial charge is 0.377 e. The highest BCUT2D eigenvalue weighted by atomic mass is 19.2. The number of benzene rings is 2. The van der Waals surface area contributed by atoms with Crippen LogP contribution in [0.3, 0.4) is 0 Å². The summed E-state index contributed by atoms with van der Waals surface area (Å²) >= 11 is 0. The first kappa shape index (κ1) is 20.9. The fourth-order valence-electron chi connectivity index (χ4n) is 4.70. The molecule has 2 aromatic rings. The van der Waals surface area contributed by atoms with Crippen molar-refractivity contribution in [3.8, 4) is 0 Å². The van der Waals surface area contributed by atoms with E-state index in [0.29, 0.717) is 43.5 Å². The van der Waals surface area contributed by atoms with Crippen LogP contribution in [0.15, 0.2) is 48.5 Å². The number of piperidine rings is 1. The minimum absolute atomic E-state index is 0.0613. The Morgan fingerprint density at radius 1 is 1.17 bits per heavy atom. The molecule has 1 amide bonds. The number of hydrogen-bond acceptors (Lipinski definition) is 3. The number of halogens is 2. The van der Waals surface area contributed by atoms with Crippen LogP contribution in [0.5, 0.6) is 0 Å². The lowest BCUT2D eigenvalue weighted by molar-refractivity contribution is -0.133. The predicted octanol–water partition coefficient (Wildman–Crippen LogP) is 3.85. The van der Waals surface area contributed by atoms with Gasteiger partial charge in [0.25, 0.3) is 0 Å². The third-order valence-corrected chi connectivity index (χ3v) is 6.37. The van der Waals surface area contributed by atoms with Gasteiger partial charge in [-0.05, 0) is 30.5 Å². The van der Waals surface area contributed by atoms with Gasteiger partial charge in [-0.15, -0.1) is 0 Å². The molecule has 3 atom stereocenters. The van der Waals surface area contributed by atoms with E-state index >= 15 is 0 Å². The molecule has 2 aromatic carbocycles. The van der Waals surface area contributed by atoms with Gasteiger partial charge in [0.15, 0.2) is 11.6 Å². The van der Waals surface area contributed by atoms with E-state index < -0.39 is 11.6 Å². The number of nitrogens with zero attached hydrogens (tertiary/aromatic N) is 2. The van der Waals surface area contributed by atoms with Crippen LogP contribution < -0.4 is 0 Å². The van der Waals surface area contributed by atoms with Crippen molar-refractivity contribution in [1.29, 1.82) is 0 Å². The smallest absolute Gasteiger partial charge is 0.225 e. The van der Waals surface area contributed by atoms with Crippen LogP contribution in [0.25, 0.3) is 0 Å². The van der Waals surface area contributed by atoms with Crippen molar-refractivity contribution in [2.75, 3.05) is 26.7 Å². The van der Waals surface area contributed by atoms with Crippen LogP contribution in [-0.4, -0.2) is 48.6 Å². The molecule has 0 bridgehead atoms. The van der Waals surface area contributed by atoms with Gasteiger partial charge in [-0.1, -0.05) is 42.5 Å². The maximum absolute atomic E-state index is 14.0. The molecule has 6 heteroatoms. The molecule has 4 nitrogen and oxygen atoms in total. The number of fused-ring (bicyclic) bond motifs is 1. The summed E-state index contributed by atoms with van der Waals surface area (Å²) in [5.41, 5.74) is 1.50. The summed E-state index contributed by atoms with van der Waals surface area (Å²) in [7, 11) is 1.83. The number of rotatable bonds is 6. The number of hydrogen-bond donors (Lipinski definition) is 0. The monoisotopic (exact) mass is 414 g/mol. The van der Waals surface area contributed by atoms with Gasteiger partial charge in [0.1, 0.15) is 0 Å². The fourth-order valence-corrected chi connectivity index (χ4v) is 4.70. The summed E-state index contributed by atoms with van der Waals surface area (Å²) in [6.45, 7) is 3.19. The number of amides is 1. The normalized spacial score (nSPS) is 23.9. The third-order valence-electron chi connectivity index (χ3n) is 6.37. The van der Waals surface area contributed by atoms with Crippen LogP contribution in [0.2, 0.25) is 0 Å². The lowest BCUT2D eigenvalue weighted by Gasteiger charge is -2.35. The minimum atomic E-state index is -0.801. The number of carbonyl (C=O) groups excluding carboxylic acids is 1. The lowest BCUT2D eigenvalue weighted by atomic mass is 9.83. The van der Waals surface area contributed by atoms with Gasteiger partial charge in [0.2, 0.25) is 5.91 Å². The highest BCUT2D eigenvalue weighted by Gasteiger charge is 2.41. The molecular formula is C24H28F2N2O2. The van der Waals surface area contributed by atoms with Crippen molar-refractivity contribution in [3.63, 3.8) is 0 Å². The molecule has 0 aliphatic carbocycles. The van der Waals surface area contributed by atoms with E-state index in [-0.39, 0.29) is 12.0 Å². The summed E-state index contributed by atoms with van der Waals surface area (Å²) < 4.78 is 33.5. The summed E-state index contributed by atoms with van der Waals surface area (Å²) in [6, 6.07) is 14.3. The Bertz CT molecular complexity index is 877. The molecule has 0 saturated carbocycles. The van der Waals surface area contributed by atoms with E-state index in [1.54, 1.807) is 17.0 Å². The molecule has 0 unspecified atom stereocenters. The van der Waals surface area contributed by atoms with E-state index in [1.165, 1.54) is 0 Å². The second-order valence-corrected chi connectivity index (χ2v) is 8.47. The Morgan fingerprint density at radius 3 is 2.77 bits per heavy atom. The molecule has 0 spiro atoms. The summed E-state index contributed by atoms with van der Waals surface area (Å²) in [4.78, 5) is 16.6. The molecule has 2 aliphatic heterocycles. The second kappa shape index (κ2) is 9.23. The van der Waals surface area contributed by atoms with Gasteiger partial charge < -0.3 is 9.64 Å². The van der Waals surface area contributed by atoms with Gasteiger partial charge in [-0.25, -0.2) is 8.78 Å². The molecule has 2 heterocycles. The Labute approximate surface area is 176 Å².